The highest BCUT2D eigenvalue weighted by Gasteiger charge is 2.20. The van der Waals surface area contributed by atoms with E-state index in [1.807, 2.05) is 13.8 Å². The fourth-order valence-corrected chi connectivity index (χ4v) is 3.17. The molecule has 0 heterocycles. The van der Waals surface area contributed by atoms with Crippen molar-refractivity contribution in [3.63, 3.8) is 0 Å². The lowest BCUT2D eigenvalue weighted by atomic mass is 10.3. The first-order valence-corrected chi connectivity index (χ1v) is 9.49. The number of nitrogens with one attached hydrogen (secondary N) is 1. The van der Waals surface area contributed by atoms with Gasteiger partial charge in [0, 0.05) is 12.1 Å². The maximum atomic E-state index is 12.4. The zero-order chi connectivity index (χ0) is 17.3. The van der Waals surface area contributed by atoms with Gasteiger partial charge in [0.15, 0.2) is 11.5 Å². The minimum atomic E-state index is -3.71. The molecule has 1 rings (SSSR count). The van der Waals surface area contributed by atoms with Crippen molar-refractivity contribution >= 4 is 10.0 Å². The Balaban J connectivity index is 3.06. The third-order valence-electron chi connectivity index (χ3n) is 3.18. The molecule has 0 unspecified atom stereocenters. The van der Waals surface area contributed by atoms with E-state index in [4.69, 9.17) is 9.47 Å². The summed E-state index contributed by atoms with van der Waals surface area (Å²) >= 11 is 0. The molecule has 132 valence electrons. The predicted molar refractivity (Wildman–Crippen MR) is 89.5 cm³/mol. The van der Waals surface area contributed by atoms with Crippen LogP contribution in [0.15, 0.2) is 23.1 Å². The number of rotatable bonds is 11. The monoisotopic (exact) mass is 345 g/mol. The van der Waals surface area contributed by atoms with Gasteiger partial charge >= 0.3 is 0 Å². The normalized spacial score (nSPS) is 12.9. The van der Waals surface area contributed by atoms with Gasteiger partial charge in [-0.3, -0.25) is 0 Å². The summed E-state index contributed by atoms with van der Waals surface area (Å²) in [6.45, 7) is 6.55. The molecule has 0 bridgehead atoms. The number of ether oxygens (including phenoxy) is 2. The molecular weight excluding hydrogens is 318 g/mol. The molecule has 0 spiro atoms. The Kier molecular flexibility index (Phi) is 8.36. The van der Waals surface area contributed by atoms with Crippen molar-refractivity contribution < 1.29 is 23.0 Å². The van der Waals surface area contributed by atoms with Crippen molar-refractivity contribution in [1.82, 2.24) is 4.72 Å². The number of aliphatic hydroxyl groups excluding tert-OH is 1. The summed E-state index contributed by atoms with van der Waals surface area (Å²) in [6.07, 6.45) is 2.17. The van der Waals surface area contributed by atoms with E-state index in [0.717, 1.165) is 12.8 Å². The first kappa shape index (κ1) is 19.7. The zero-order valence-electron chi connectivity index (χ0n) is 14.0. The average Bonchev–Trinajstić information content (AvgIpc) is 2.56. The van der Waals surface area contributed by atoms with Crippen LogP contribution < -0.4 is 14.2 Å². The molecule has 0 radical (unpaired) electrons. The van der Waals surface area contributed by atoms with Crippen LogP contribution in [-0.4, -0.2) is 39.4 Å². The van der Waals surface area contributed by atoms with Gasteiger partial charge in [0.1, 0.15) is 0 Å². The molecule has 0 fully saturated rings. The summed E-state index contributed by atoms with van der Waals surface area (Å²) in [5.74, 6) is 0.952. The van der Waals surface area contributed by atoms with Crippen LogP contribution in [0.3, 0.4) is 0 Å². The van der Waals surface area contributed by atoms with E-state index in [1.54, 1.807) is 13.0 Å². The standard InChI is InChI=1S/C16H27NO5S/c1-4-9-21-15-8-7-14(11-16(15)22-10-5-2)23(19,20)17-13(6-3)12-18/h7-8,11,13,17-18H,4-6,9-10,12H2,1-3H3/t13-/m0/s1. The minimum absolute atomic E-state index is 0.0966. The van der Waals surface area contributed by atoms with Gasteiger partial charge < -0.3 is 14.6 Å². The summed E-state index contributed by atoms with van der Waals surface area (Å²) < 4.78 is 38.5. The molecule has 1 aromatic carbocycles. The highest BCUT2D eigenvalue weighted by atomic mass is 32.2. The van der Waals surface area contributed by atoms with Crippen molar-refractivity contribution in [2.24, 2.45) is 0 Å². The van der Waals surface area contributed by atoms with E-state index < -0.39 is 16.1 Å². The van der Waals surface area contributed by atoms with Crippen LogP contribution in [-0.2, 0) is 10.0 Å². The van der Waals surface area contributed by atoms with Crippen molar-refractivity contribution in [3.05, 3.63) is 18.2 Å². The molecule has 0 aliphatic heterocycles. The Bertz CT molecular complexity index is 570. The quantitative estimate of drug-likeness (QED) is 0.643. The van der Waals surface area contributed by atoms with E-state index in [9.17, 15) is 13.5 Å². The lowest BCUT2D eigenvalue weighted by Crippen LogP contribution is -2.36. The van der Waals surface area contributed by atoms with Crippen LogP contribution in [0.4, 0.5) is 0 Å². The fourth-order valence-electron chi connectivity index (χ4n) is 1.85. The molecular formula is C16H27NO5S. The largest absolute Gasteiger partial charge is 0.490 e. The summed E-state index contributed by atoms with van der Waals surface area (Å²) in [6, 6.07) is 4.05. The number of hydrogen-bond donors (Lipinski definition) is 2. The van der Waals surface area contributed by atoms with Crippen molar-refractivity contribution in [3.8, 4) is 11.5 Å². The van der Waals surface area contributed by atoms with E-state index in [2.05, 4.69) is 4.72 Å². The lowest BCUT2D eigenvalue weighted by molar-refractivity contribution is 0.253. The maximum Gasteiger partial charge on any atom is 0.241 e. The molecule has 7 heteroatoms. The second kappa shape index (κ2) is 9.75. The van der Waals surface area contributed by atoms with Gasteiger partial charge in [0.2, 0.25) is 10.0 Å². The molecule has 1 atom stereocenters. The summed E-state index contributed by atoms with van der Waals surface area (Å²) in [7, 11) is -3.71. The molecule has 6 nitrogen and oxygen atoms in total. The van der Waals surface area contributed by atoms with Crippen LogP contribution in [0.25, 0.3) is 0 Å². The van der Waals surface area contributed by atoms with Crippen molar-refractivity contribution in [2.75, 3.05) is 19.8 Å². The van der Waals surface area contributed by atoms with E-state index in [-0.39, 0.29) is 11.5 Å². The molecule has 0 aliphatic carbocycles. The second-order valence-electron chi connectivity index (χ2n) is 5.21. The molecule has 2 N–H and O–H groups in total. The third kappa shape index (κ3) is 6.01. The van der Waals surface area contributed by atoms with Gasteiger partial charge in [-0.1, -0.05) is 20.8 Å². The van der Waals surface area contributed by atoms with Crippen LogP contribution >= 0.6 is 0 Å². The highest BCUT2D eigenvalue weighted by molar-refractivity contribution is 7.89. The molecule has 23 heavy (non-hydrogen) atoms. The average molecular weight is 345 g/mol. The number of benzene rings is 1. The molecule has 0 amide bonds. The smallest absolute Gasteiger partial charge is 0.241 e. The lowest BCUT2D eigenvalue weighted by Gasteiger charge is -2.16. The Morgan fingerprint density at radius 2 is 1.70 bits per heavy atom. The fraction of sp³-hybridized carbons (Fsp3) is 0.625. The van der Waals surface area contributed by atoms with Crippen molar-refractivity contribution in [2.45, 2.75) is 51.0 Å². The maximum absolute atomic E-state index is 12.4. The topological polar surface area (TPSA) is 84.9 Å². The van der Waals surface area contributed by atoms with Gasteiger partial charge in [-0.05, 0) is 31.4 Å². The van der Waals surface area contributed by atoms with Gasteiger partial charge in [0.05, 0.1) is 24.7 Å². The van der Waals surface area contributed by atoms with E-state index in [1.165, 1.54) is 12.1 Å². The highest BCUT2D eigenvalue weighted by Crippen LogP contribution is 2.30. The van der Waals surface area contributed by atoms with E-state index in [0.29, 0.717) is 31.1 Å². The molecule has 0 saturated heterocycles. The first-order valence-electron chi connectivity index (χ1n) is 8.01. The second-order valence-corrected chi connectivity index (χ2v) is 6.93. The van der Waals surface area contributed by atoms with Crippen LogP contribution in [0.1, 0.15) is 40.0 Å². The SMILES string of the molecule is CCCOc1ccc(S(=O)(=O)N[C@@H](CC)CO)cc1OCCC. The van der Waals surface area contributed by atoms with Crippen LogP contribution in [0, 0.1) is 0 Å². The Labute approximate surface area is 138 Å². The number of aliphatic hydroxyl groups is 1. The Morgan fingerprint density at radius 1 is 1.09 bits per heavy atom. The van der Waals surface area contributed by atoms with E-state index >= 15 is 0 Å². The Morgan fingerprint density at radius 3 is 2.22 bits per heavy atom. The molecule has 0 aliphatic rings. The molecule has 1 aromatic rings. The van der Waals surface area contributed by atoms with Gasteiger partial charge in [0.25, 0.3) is 0 Å². The summed E-state index contributed by atoms with van der Waals surface area (Å²) in [5, 5.41) is 9.18. The summed E-state index contributed by atoms with van der Waals surface area (Å²) in [4.78, 5) is 0.0966. The third-order valence-corrected chi connectivity index (χ3v) is 4.70. The molecule has 0 saturated carbocycles. The molecule has 0 aromatic heterocycles. The predicted octanol–water partition coefficient (Wildman–Crippen LogP) is 2.31. The van der Waals surface area contributed by atoms with Gasteiger partial charge in [-0.2, -0.15) is 0 Å². The van der Waals surface area contributed by atoms with Crippen molar-refractivity contribution in [1.29, 1.82) is 0 Å². The number of sulfonamides is 1. The summed E-state index contributed by atoms with van der Waals surface area (Å²) in [5.41, 5.74) is 0. The first-order chi connectivity index (χ1) is 11.0. The van der Waals surface area contributed by atoms with Crippen LogP contribution in [0.5, 0.6) is 11.5 Å². The minimum Gasteiger partial charge on any atom is -0.490 e. The van der Waals surface area contributed by atoms with Gasteiger partial charge in [-0.15, -0.1) is 0 Å². The number of hydrogen-bond acceptors (Lipinski definition) is 5. The Hall–Kier alpha value is -1.31. The van der Waals surface area contributed by atoms with Gasteiger partial charge in [-0.25, -0.2) is 13.1 Å². The van der Waals surface area contributed by atoms with Crippen LogP contribution in [0.2, 0.25) is 0 Å². The zero-order valence-corrected chi connectivity index (χ0v) is 14.9.